The molecule has 0 aromatic heterocycles. The summed E-state index contributed by atoms with van der Waals surface area (Å²) in [4.78, 5) is 0. The molecule has 0 aromatic rings. The summed E-state index contributed by atoms with van der Waals surface area (Å²) in [6.45, 7) is 5.16. The highest BCUT2D eigenvalue weighted by Crippen LogP contribution is 2.54. The fourth-order valence-corrected chi connectivity index (χ4v) is 3.30. The van der Waals surface area contributed by atoms with Crippen LogP contribution < -0.4 is 0 Å². The van der Waals surface area contributed by atoms with Gasteiger partial charge in [0, 0.05) is 6.61 Å². The van der Waals surface area contributed by atoms with Crippen molar-refractivity contribution in [3.8, 4) is 0 Å². The first-order valence-corrected chi connectivity index (χ1v) is 4.85. The summed E-state index contributed by atoms with van der Waals surface area (Å²) >= 11 is 0. The van der Waals surface area contributed by atoms with Crippen LogP contribution in [0.1, 0.15) is 26.7 Å². The van der Waals surface area contributed by atoms with Crippen molar-refractivity contribution >= 4 is 0 Å². The average molecular weight is 154 g/mol. The van der Waals surface area contributed by atoms with Crippen LogP contribution in [-0.4, -0.2) is 11.7 Å². The van der Waals surface area contributed by atoms with Gasteiger partial charge in [-0.3, -0.25) is 0 Å². The molecule has 1 nitrogen and oxygen atoms in total. The second kappa shape index (κ2) is 2.48. The molecule has 0 aliphatic heterocycles. The maximum atomic E-state index is 9.09. The van der Waals surface area contributed by atoms with E-state index in [1.54, 1.807) is 0 Å². The Bertz CT molecular complexity index is 149. The number of hydrogen-bond donors (Lipinski definition) is 1. The van der Waals surface area contributed by atoms with Crippen molar-refractivity contribution in [2.24, 2.45) is 29.6 Å². The molecule has 0 saturated heterocycles. The Morgan fingerprint density at radius 3 is 2.36 bits per heavy atom. The third-order valence-corrected chi connectivity index (χ3v) is 4.27. The standard InChI is InChI=1S/C10H18O/c1-6-7(2)10-4-8(6)3-9(10)5-11/h6-11H,3-5H2,1-2H3/t6?,7?,8-,9?,10-/m1/s1. The zero-order chi connectivity index (χ0) is 8.01. The molecular formula is C10H18O. The van der Waals surface area contributed by atoms with Gasteiger partial charge in [0.25, 0.3) is 0 Å². The monoisotopic (exact) mass is 154 g/mol. The Morgan fingerprint density at radius 1 is 1.18 bits per heavy atom. The summed E-state index contributed by atoms with van der Waals surface area (Å²) in [6, 6.07) is 0. The average Bonchev–Trinajstić information content (AvgIpc) is 2.53. The van der Waals surface area contributed by atoms with Crippen molar-refractivity contribution in [2.45, 2.75) is 26.7 Å². The summed E-state index contributed by atoms with van der Waals surface area (Å²) in [5.41, 5.74) is 0. The Balaban J connectivity index is 2.10. The van der Waals surface area contributed by atoms with Crippen LogP contribution in [0.3, 0.4) is 0 Å². The van der Waals surface area contributed by atoms with Gasteiger partial charge in [0.05, 0.1) is 0 Å². The van der Waals surface area contributed by atoms with Gasteiger partial charge in [-0.25, -0.2) is 0 Å². The van der Waals surface area contributed by atoms with E-state index < -0.39 is 0 Å². The molecule has 2 fully saturated rings. The highest BCUT2D eigenvalue weighted by Gasteiger charge is 2.47. The highest BCUT2D eigenvalue weighted by atomic mass is 16.3. The van der Waals surface area contributed by atoms with E-state index in [2.05, 4.69) is 13.8 Å². The fraction of sp³-hybridized carbons (Fsp3) is 1.00. The first-order chi connectivity index (χ1) is 5.24. The van der Waals surface area contributed by atoms with E-state index >= 15 is 0 Å². The Morgan fingerprint density at radius 2 is 1.91 bits per heavy atom. The molecule has 2 saturated carbocycles. The molecule has 0 aromatic carbocycles. The Hall–Kier alpha value is -0.0400. The first-order valence-electron chi connectivity index (χ1n) is 4.85. The van der Waals surface area contributed by atoms with Gasteiger partial charge in [0.2, 0.25) is 0 Å². The van der Waals surface area contributed by atoms with Gasteiger partial charge in [-0.1, -0.05) is 13.8 Å². The van der Waals surface area contributed by atoms with Gasteiger partial charge in [-0.15, -0.1) is 0 Å². The summed E-state index contributed by atoms with van der Waals surface area (Å²) in [6.07, 6.45) is 2.69. The van der Waals surface area contributed by atoms with Gasteiger partial charge >= 0.3 is 0 Å². The maximum absolute atomic E-state index is 9.09. The van der Waals surface area contributed by atoms with Crippen LogP contribution in [0.25, 0.3) is 0 Å². The predicted octanol–water partition coefficient (Wildman–Crippen LogP) is 1.91. The lowest BCUT2D eigenvalue weighted by Gasteiger charge is -2.30. The first kappa shape index (κ1) is 7.60. The van der Waals surface area contributed by atoms with Crippen molar-refractivity contribution in [3.63, 3.8) is 0 Å². The third kappa shape index (κ3) is 0.936. The van der Waals surface area contributed by atoms with E-state index in [1.165, 1.54) is 12.8 Å². The second-order valence-electron chi connectivity index (χ2n) is 4.56. The van der Waals surface area contributed by atoms with E-state index in [9.17, 15) is 0 Å². The maximum Gasteiger partial charge on any atom is 0.0462 e. The van der Waals surface area contributed by atoms with Crippen molar-refractivity contribution in [1.82, 2.24) is 0 Å². The molecule has 2 aliphatic rings. The number of aliphatic hydroxyl groups excluding tert-OH is 1. The molecule has 11 heavy (non-hydrogen) atoms. The molecule has 1 heteroatoms. The van der Waals surface area contributed by atoms with Crippen LogP contribution in [0, 0.1) is 29.6 Å². The van der Waals surface area contributed by atoms with Crippen molar-refractivity contribution in [3.05, 3.63) is 0 Å². The molecular weight excluding hydrogens is 136 g/mol. The molecule has 2 bridgehead atoms. The summed E-state index contributed by atoms with van der Waals surface area (Å²) in [5.74, 6) is 4.21. The van der Waals surface area contributed by atoms with E-state index in [-0.39, 0.29) is 0 Å². The molecule has 0 spiro atoms. The van der Waals surface area contributed by atoms with Gasteiger partial charge in [-0.2, -0.15) is 0 Å². The van der Waals surface area contributed by atoms with Crippen LogP contribution >= 0.6 is 0 Å². The van der Waals surface area contributed by atoms with Crippen molar-refractivity contribution in [2.75, 3.05) is 6.61 Å². The lowest BCUT2D eigenvalue weighted by atomic mass is 9.76. The van der Waals surface area contributed by atoms with Crippen LogP contribution in [0.2, 0.25) is 0 Å². The topological polar surface area (TPSA) is 20.2 Å². The van der Waals surface area contributed by atoms with Crippen molar-refractivity contribution < 1.29 is 5.11 Å². The number of hydrogen-bond acceptors (Lipinski definition) is 1. The molecule has 2 aliphatic carbocycles. The zero-order valence-electron chi connectivity index (χ0n) is 7.46. The lowest BCUT2D eigenvalue weighted by Crippen LogP contribution is -2.26. The Labute approximate surface area is 68.8 Å². The number of aliphatic hydroxyl groups is 1. The molecule has 1 N–H and O–H groups in total. The summed E-state index contributed by atoms with van der Waals surface area (Å²) in [7, 11) is 0. The molecule has 5 atom stereocenters. The Kier molecular flexibility index (Phi) is 1.71. The van der Waals surface area contributed by atoms with E-state index in [0.717, 1.165) is 23.7 Å². The van der Waals surface area contributed by atoms with Gasteiger partial charge in [-0.05, 0) is 42.4 Å². The van der Waals surface area contributed by atoms with Gasteiger partial charge < -0.3 is 5.11 Å². The molecule has 2 rings (SSSR count). The third-order valence-electron chi connectivity index (χ3n) is 4.27. The molecule has 0 amide bonds. The summed E-state index contributed by atoms with van der Waals surface area (Å²) in [5, 5.41) is 9.09. The SMILES string of the molecule is CC1C(C)[C@H]2C[C@H]1CC2CO. The molecule has 64 valence electrons. The molecule has 3 unspecified atom stereocenters. The number of rotatable bonds is 1. The smallest absolute Gasteiger partial charge is 0.0462 e. The van der Waals surface area contributed by atoms with Crippen molar-refractivity contribution in [1.29, 1.82) is 0 Å². The van der Waals surface area contributed by atoms with E-state index in [1.807, 2.05) is 0 Å². The van der Waals surface area contributed by atoms with E-state index in [0.29, 0.717) is 12.5 Å². The normalized spacial score (nSPS) is 55.4. The number of fused-ring (bicyclic) bond motifs is 2. The van der Waals surface area contributed by atoms with Gasteiger partial charge in [0.1, 0.15) is 0 Å². The van der Waals surface area contributed by atoms with Crippen LogP contribution in [0.4, 0.5) is 0 Å². The van der Waals surface area contributed by atoms with Crippen LogP contribution in [-0.2, 0) is 0 Å². The minimum Gasteiger partial charge on any atom is -0.396 e. The quantitative estimate of drug-likeness (QED) is 0.611. The molecule has 0 heterocycles. The predicted molar refractivity (Wildman–Crippen MR) is 45.1 cm³/mol. The fourth-order valence-electron chi connectivity index (χ4n) is 3.30. The van der Waals surface area contributed by atoms with Crippen LogP contribution in [0.5, 0.6) is 0 Å². The zero-order valence-corrected chi connectivity index (χ0v) is 7.46. The largest absolute Gasteiger partial charge is 0.396 e. The van der Waals surface area contributed by atoms with Gasteiger partial charge in [0.15, 0.2) is 0 Å². The summed E-state index contributed by atoms with van der Waals surface area (Å²) < 4.78 is 0. The van der Waals surface area contributed by atoms with Crippen LogP contribution in [0.15, 0.2) is 0 Å². The minimum absolute atomic E-state index is 0.429. The molecule has 0 radical (unpaired) electrons. The second-order valence-corrected chi connectivity index (χ2v) is 4.56. The highest BCUT2D eigenvalue weighted by molar-refractivity contribution is 4.97. The minimum atomic E-state index is 0.429. The van der Waals surface area contributed by atoms with E-state index in [4.69, 9.17) is 5.11 Å². The lowest BCUT2D eigenvalue weighted by molar-refractivity contribution is 0.121.